The molecule has 3 nitrogen and oxygen atoms in total. The fraction of sp³-hybridized carbons (Fsp3) is 0.125. The fourth-order valence-electron chi connectivity index (χ4n) is 6.64. The van der Waals surface area contributed by atoms with Gasteiger partial charge >= 0.3 is 0 Å². The molecular weight excluding hydrogens is 877 g/mol. The van der Waals surface area contributed by atoms with Gasteiger partial charge in [-0.2, -0.15) is 11.3 Å². The van der Waals surface area contributed by atoms with E-state index in [1.165, 1.54) is 31.6 Å². The van der Waals surface area contributed by atoms with E-state index in [4.69, 9.17) is 16.3 Å². The van der Waals surface area contributed by atoms with Crippen molar-refractivity contribution in [1.29, 1.82) is 0 Å². The molecule has 0 spiro atoms. The molecule has 6 heteroatoms. The van der Waals surface area contributed by atoms with Gasteiger partial charge < -0.3 is 9.40 Å². The van der Waals surface area contributed by atoms with Gasteiger partial charge in [-0.1, -0.05) is 129 Å². The van der Waals surface area contributed by atoms with E-state index in [1.807, 2.05) is 75.4 Å². The zero-order valence-electron chi connectivity index (χ0n) is 34.7. The van der Waals surface area contributed by atoms with E-state index in [1.54, 1.807) is 47.1 Å². The third-order valence-corrected chi connectivity index (χ3v) is 11.3. The van der Waals surface area contributed by atoms with Gasteiger partial charge in [0.15, 0.2) is 0 Å². The van der Waals surface area contributed by atoms with Crippen LogP contribution >= 0.6 is 22.7 Å². The molecule has 10 aromatic rings. The zero-order valence-corrected chi connectivity index (χ0v) is 33.7. The molecular formula is C48H36IrN2OS2-2. The monoisotopic (exact) mass is 918 g/mol. The summed E-state index contributed by atoms with van der Waals surface area (Å²) < 4.78 is 49.1. The Balaban J connectivity index is 0.000000161. The fourth-order valence-corrected chi connectivity index (χ4v) is 9.02. The Kier molecular flexibility index (Phi) is 8.26. The van der Waals surface area contributed by atoms with E-state index in [0.29, 0.717) is 22.4 Å². The Hall–Kier alpha value is -4.97. The van der Waals surface area contributed by atoms with Crippen LogP contribution in [-0.2, 0) is 26.5 Å². The molecule has 0 saturated heterocycles. The summed E-state index contributed by atoms with van der Waals surface area (Å²) in [6.45, 7) is 3.32. The van der Waals surface area contributed by atoms with E-state index >= 15 is 0 Å². The number of thiophene rings is 1. The van der Waals surface area contributed by atoms with Gasteiger partial charge in [-0.15, -0.1) is 58.9 Å². The van der Waals surface area contributed by atoms with Crippen LogP contribution in [0.15, 0.2) is 138 Å². The van der Waals surface area contributed by atoms with Gasteiger partial charge in [0.2, 0.25) is 0 Å². The third-order valence-electron chi connectivity index (χ3n) is 9.04. The molecule has 0 aliphatic carbocycles. The molecule has 0 saturated carbocycles. The van der Waals surface area contributed by atoms with Crippen molar-refractivity contribution in [3.63, 3.8) is 0 Å². The summed E-state index contributed by atoms with van der Waals surface area (Å²) in [6, 6.07) is 47.9. The summed E-state index contributed by atoms with van der Waals surface area (Å²) in [7, 11) is 0. The first-order valence-electron chi connectivity index (χ1n) is 19.9. The molecule has 10 rings (SSSR count). The summed E-state index contributed by atoms with van der Waals surface area (Å²) in [5, 5.41) is 7.03. The number of nitrogens with zero attached hydrogens (tertiary/aromatic N) is 2. The van der Waals surface area contributed by atoms with Crippen molar-refractivity contribution in [3.8, 4) is 33.0 Å². The van der Waals surface area contributed by atoms with Gasteiger partial charge in [-0.05, 0) is 57.6 Å². The quantitative estimate of drug-likeness (QED) is 0.165. The molecule has 0 N–H and O–H groups in total. The van der Waals surface area contributed by atoms with Gasteiger partial charge in [-0.3, -0.25) is 4.98 Å². The number of para-hydroxylation sites is 1. The Labute approximate surface area is 343 Å². The Morgan fingerprint density at radius 3 is 2.35 bits per heavy atom. The standard InChI is InChI=1S/C25H12NOS2.C23H24N.Ir/c1-2-7-15-13-21-19(12-14(15)6-1)23-25(28-21)26-24(29-23)18-10-5-9-17-16-8-3-4-11-20(16)27-22(17)18;1-17-10-12-20(14-21(17)19-8-6-5-7-9-19)22-13-11-18(16-24-22)15-23(2,3)4;/h1-9,11-13H;5-11,13-14,16H,15H2,1-4H3;/q2*-1;/i;1D3,15D2;. The number of aromatic nitrogens is 2. The molecule has 0 unspecified atom stereocenters. The van der Waals surface area contributed by atoms with Gasteiger partial charge in [0.1, 0.15) is 10.4 Å². The predicted molar refractivity (Wildman–Crippen MR) is 226 cm³/mol. The van der Waals surface area contributed by atoms with Crippen molar-refractivity contribution in [2.45, 2.75) is 34.0 Å². The molecule has 0 aliphatic heterocycles. The first-order chi connectivity index (χ1) is 27.8. The number of hydrogen-bond acceptors (Lipinski definition) is 5. The van der Waals surface area contributed by atoms with Crippen molar-refractivity contribution < 1.29 is 31.4 Å². The summed E-state index contributed by atoms with van der Waals surface area (Å²) in [5.41, 5.74) is 5.62. The normalized spacial score (nSPS) is 13.5. The second kappa shape index (κ2) is 14.7. The third kappa shape index (κ3) is 7.03. The maximum Gasteiger partial charge on any atom is 0.124 e. The van der Waals surface area contributed by atoms with E-state index in [2.05, 4.69) is 65.6 Å². The van der Waals surface area contributed by atoms with Crippen LogP contribution in [0.5, 0.6) is 0 Å². The van der Waals surface area contributed by atoms with Crippen LogP contribution in [0.25, 0.3) is 85.3 Å². The number of thiazole rings is 1. The summed E-state index contributed by atoms with van der Waals surface area (Å²) >= 11 is 3.49. The second-order valence-electron chi connectivity index (χ2n) is 14.0. The van der Waals surface area contributed by atoms with E-state index < -0.39 is 18.6 Å². The number of rotatable bonds is 4. The molecule has 1 radical (unpaired) electrons. The molecule has 0 aliphatic rings. The molecule has 0 bridgehead atoms. The topological polar surface area (TPSA) is 38.9 Å². The molecule has 54 heavy (non-hydrogen) atoms. The minimum absolute atomic E-state index is 0. The summed E-state index contributed by atoms with van der Waals surface area (Å²) in [6.07, 6.45) is 0.0246. The Morgan fingerprint density at radius 2 is 1.57 bits per heavy atom. The molecule has 4 heterocycles. The van der Waals surface area contributed by atoms with Crippen molar-refractivity contribution in [1.82, 2.24) is 9.97 Å². The summed E-state index contributed by atoms with van der Waals surface area (Å²) in [4.78, 5) is 10.5. The minimum Gasteiger partial charge on any atom is -0.501 e. The van der Waals surface area contributed by atoms with Crippen LogP contribution in [0.1, 0.15) is 38.8 Å². The minimum atomic E-state index is -2.25. The average Bonchev–Trinajstić information content (AvgIpc) is 3.91. The predicted octanol–water partition coefficient (Wildman–Crippen LogP) is 14.1. The number of pyridine rings is 1. The van der Waals surface area contributed by atoms with Gasteiger partial charge in [0.05, 0.1) is 10.3 Å². The van der Waals surface area contributed by atoms with Crippen LogP contribution in [0.4, 0.5) is 0 Å². The maximum atomic E-state index is 8.39. The molecule has 0 atom stereocenters. The number of fused-ring (bicyclic) bond motifs is 7. The number of aryl methyl sites for hydroxylation is 1. The van der Waals surface area contributed by atoms with Crippen molar-refractivity contribution in [3.05, 3.63) is 157 Å². The Morgan fingerprint density at radius 1 is 0.796 bits per heavy atom. The molecule has 6 aromatic carbocycles. The largest absolute Gasteiger partial charge is 0.501 e. The zero-order chi connectivity index (χ0) is 40.4. The van der Waals surface area contributed by atoms with Crippen LogP contribution < -0.4 is 0 Å². The van der Waals surface area contributed by atoms with Crippen LogP contribution in [0, 0.1) is 24.4 Å². The van der Waals surface area contributed by atoms with Gasteiger partial charge in [-0.25, -0.2) is 0 Å². The summed E-state index contributed by atoms with van der Waals surface area (Å²) in [5.74, 6) is 0. The first-order valence-corrected chi connectivity index (χ1v) is 19.0. The molecule has 0 fully saturated rings. The van der Waals surface area contributed by atoms with Crippen molar-refractivity contribution >= 4 is 75.0 Å². The van der Waals surface area contributed by atoms with E-state index in [9.17, 15) is 0 Å². The second-order valence-corrected chi connectivity index (χ2v) is 16.0. The van der Waals surface area contributed by atoms with Crippen molar-refractivity contribution in [2.24, 2.45) is 5.41 Å². The van der Waals surface area contributed by atoms with Crippen LogP contribution in [-0.4, -0.2) is 9.97 Å². The van der Waals surface area contributed by atoms with E-state index in [-0.39, 0.29) is 25.7 Å². The molecule has 0 amide bonds. The smallest absolute Gasteiger partial charge is 0.124 e. The number of hydrogen-bond donors (Lipinski definition) is 0. The Bertz CT molecular complexity index is 3130. The van der Waals surface area contributed by atoms with Gasteiger partial charge in [0.25, 0.3) is 0 Å². The SMILES string of the molecule is [2H]C([2H])([2H])c1c[c-]c(-c2ccc(C([2H])([2H])C(C)(C)C)cn2)cc1-c1ccccc1.[Ir].[c-]1ccc2c(oc3ccccc32)c1-c1nc2sc3cc4ccccc4cc3c2s1. The van der Waals surface area contributed by atoms with Crippen LogP contribution in [0.2, 0.25) is 0 Å². The molecule has 4 aromatic heterocycles. The average molecular weight is 918 g/mol. The number of furan rings is 1. The molecule has 267 valence electrons. The van der Waals surface area contributed by atoms with Gasteiger partial charge in [0, 0.05) is 53.6 Å². The maximum absolute atomic E-state index is 8.39. The number of benzene rings is 6. The van der Waals surface area contributed by atoms with Crippen molar-refractivity contribution in [2.75, 3.05) is 0 Å². The van der Waals surface area contributed by atoms with Crippen LogP contribution in [0.3, 0.4) is 0 Å². The first kappa shape index (κ1) is 30.4. The van der Waals surface area contributed by atoms with E-state index in [0.717, 1.165) is 42.9 Å².